The zero-order valence-electron chi connectivity index (χ0n) is 17.2. The van der Waals surface area contributed by atoms with Crippen LogP contribution in [-0.2, 0) is 23.0 Å². The van der Waals surface area contributed by atoms with E-state index in [1.54, 1.807) is 25.3 Å². The topological polar surface area (TPSA) is 80.1 Å². The first-order chi connectivity index (χ1) is 14.3. The largest absolute Gasteiger partial charge is 0.497 e. The van der Waals surface area contributed by atoms with Gasteiger partial charge in [0.2, 0.25) is 10.0 Å². The van der Waals surface area contributed by atoms with Gasteiger partial charge in [0.25, 0.3) is 0 Å². The minimum atomic E-state index is -3.48. The van der Waals surface area contributed by atoms with Crippen molar-refractivity contribution in [1.82, 2.24) is 4.31 Å². The summed E-state index contributed by atoms with van der Waals surface area (Å²) in [5.74, 6) is 0.626. The van der Waals surface area contributed by atoms with E-state index >= 15 is 0 Å². The average Bonchev–Trinajstić information content (AvgIpc) is 2.72. The van der Waals surface area contributed by atoms with Crippen molar-refractivity contribution in [3.8, 4) is 5.75 Å². The Bertz CT molecular complexity index is 1260. The highest BCUT2D eigenvalue weighted by Gasteiger charge is 2.23. The molecule has 0 aliphatic carbocycles. The number of anilines is 1. The third-order valence-corrected chi connectivity index (χ3v) is 7.25. The number of sulfonamides is 1. The Morgan fingerprint density at radius 1 is 1.13 bits per heavy atom. The normalized spacial score (nSPS) is 14.2. The molecule has 30 heavy (non-hydrogen) atoms. The second-order valence-electron chi connectivity index (χ2n) is 7.56. The van der Waals surface area contributed by atoms with E-state index in [4.69, 9.17) is 9.15 Å². The first-order valence-electron chi connectivity index (χ1n) is 9.71. The van der Waals surface area contributed by atoms with Crippen molar-refractivity contribution in [1.29, 1.82) is 0 Å². The van der Waals surface area contributed by atoms with E-state index in [1.807, 2.05) is 18.2 Å². The fourth-order valence-corrected chi connectivity index (χ4v) is 4.81. The van der Waals surface area contributed by atoms with E-state index in [2.05, 4.69) is 4.90 Å². The summed E-state index contributed by atoms with van der Waals surface area (Å²) in [6.45, 7) is 1.35. The molecule has 3 aromatic rings. The summed E-state index contributed by atoms with van der Waals surface area (Å²) in [5, 5.41) is 0.856. The van der Waals surface area contributed by atoms with Gasteiger partial charge < -0.3 is 14.1 Å². The lowest BCUT2D eigenvalue weighted by Crippen LogP contribution is -2.30. The molecule has 2 heterocycles. The van der Waals surface area contributed by atoms with Gasteiger partial charge in [-0.25, -0.2) is 17.5 Å². The molecule has 0 saturated carbocycles. The standard InChI is InChI=1S/C22H24N2O5S/c1-23(2)30(26,27)18-7-9-20-15(11-18)5-4-10-24(20)14-16-12-22(25)29-21-13-17(28-3)6-8-19(16)21/h6-9,11-13H,4-5,10,14H2,1-3H3. The van der Waals surface area contributed by atoms with Gasteiger partial charge >= 0.3 is 5.63 Å². The van der Waals surface area contributed by atoms with Crippen molar-refractivity contribution in [2.45, 2.75) is 24.3 Å². The molecule has 1 aromatic heterocycles. The molecule has 0 atom stereocenters. The molecule has 4 rings (SSSR count). The third kappa shape index (κ3) is 3.68. The van der Waals surface area contributed by atoms with Crippen LogP contribution in [-0.4, -0.2) is 40.5 Å². The van der Waals surface area contributed by atoms with Gasteiger partial charge in [-0.3, -0.25) is 0 Å². The maximum Gasteiger partial charge on any atom is 0.336 e. The van der Waals surface area contributed by atoms with Crippen molar-refractivity contribution < 1.29 is 17.6 Å². The van der Waals surface area contributed by atoms with Crippen LogP contribution >= 0.6 is 0 Å². The number of nitrogens with zero attached hydrogens (tertiary/aromatic N) is 2. The summed E-state index contributed by atoms with van der Waals surface area (Å²) in [4.78, 5) is 14.6. The molecule has 0 amide bonds. The number of ether oxygens (including phenoxy) is 1. The Labute approximate surface area is 175 Å². The van der Waals surface area contributed by atoms with Crippen molar-refractivity contribution in [2.24, 2.45) is 0 Å². The van der Waals surface area contributed by atoms with Crippen LogP contribution in [0.1, 0.15) is 17.5 Å². The van der Waals surface area contributed by atoms with E-state index < -0.39 is 15.6 Å². The third-order valence-electron chi connectivity index (χ3n) is 5.44. The first-order valence-corrected chi connectivity index (χ1v) is 11.1. The highest BCUT2D eigenvalue weighted by molar-refractivity contribution is 7.89. The van der Waals surface area contributed by atoms with Crippen LogP contribution in [0.15, 0.2) is 56.6 Å². The van der Waals surface area contributed by atoms with Gasteiger partial charge in [0.15, 0.2) is 0 Å². The Morgan fingerprint density at radius 3 is 2.67 bits per heavy atom. The number of aryl methyl sites for hydroxylation is 1. The number of benzene rings is 2. The van der Waals surface area contributed by atoms with Gasteiger partial charge in [0.1, 0.15) is 11.3 Å². The molecular formula is C22H24N2O5S. The molecule has 0 spiro atoms. The van der Waals surface area contributed by atoms with Gasteiger partial charge in [0.05, 0.1) is 12.0 Å². The molecule has 2 aromatic carbocycles. The van der Waals surface area contributed by atoms with Crippen LogP contribution in [0.25, 0.3) is 11.0 Å². The van der Waals surface area contributed by atoms with E-state index in [0.29, 0.717) is 22.8 Å². The average molecular weight is 429 g/mol. The summed E-state index contributed by atoms with van der Waals surface area (Å²) >= 11 is 0. The van der Waals surface area contributed by atoms with Crippen LogP contribution in [0.3, 0.4) is 0 Å². The zero-order chi connectivity index (χ0) is 21.5. The molecule has 0 fully saturated rings. The molecule has 158 valence electrons. The number of hydrogen-bond donors (Lipinski definition) is 0. The lowest BCUT2D eigenvalue weighted by Gasteiger charge is -2.32. The Balaban J connectivity index is 1.72. The minimum absolute atomic E-state index is 0.297. The fourth-order valence-electron chi connectivity index (χ4n) is 3.86. The summed E-state index contributed by atoms with van der Waals surface area (Å²) in [5.41, 5.74) is 2.94. The Morgan fingerprint density at radius 2 is 1.93 bits per heavy atom. The Kier molecular flexibility index (Phi) is 5.29. The number of fused-ring (bicyclic) bond motifs is 2. The molecule has 8 heteroatoms. The minimum Gasteiger partial charge on any atom is -0.497 e. The molecule has 0 N–H and O–H groups in total. The van der Waals surface area contributed by atoms with Gasteiger partial charge in [-0.1, -0.05) is 0 Å². The molecule has 0 unspecified atom stereocenters. The SMILES string of the molecule is COc1ccc2c(CN3CCCc4cc(S(=O)(=O)N(C)C)ccc43)cc(=O)oc2c1. The lowest BCUT2D eigenvalue weighted by molar-refractivity contribution is 0.414. The van der Waals surface area contributed by atoms with Crippen molar-refractivity contribution >= 4 is 26.7 Å². The Hall–Kier alpha value is -2.84. The predicted octanol–water partition coefficient (Wildman–Crippen LogP) is 3.00. The summed E-state index contributed by atoms with van der Waals surface area (Å²) in [6.07, 6.45) is 1.73. The van der Waals surface area contributed by atoms with Crippen LogP contribution < -0.4 is 15.3 Å². The molecule has 0 bridgehead atoms. The molecule has 1 aliphatic heterocycles. The summed E-state index contributed by atoms with van der Waals surface area (Å²) < 4.78 is 36.8. The number of rotatable bonds is 5. The van der Waals surface area contributed by atoms with E-state index in [0.717, 1.165) is 41.6 Å². The molecular weight excluding hydrogens is 404 g/mol. The molecule has 0 radical (unpaired) electrons. The van der Waals surface area contributed by atoms with Gasteiger partial charge in [-0.05, 0) is 54.3 Å². The lowest BCUT2D eigenvalue weighted by atomic mass is 10.0. The van der Waals surface area contributed by atoms with Crippen LogP contribution in [0.2, 0.25) is 0 Å². The monoisotopic (exact) mass is 428 g/mol. The maximum absolute atomic E-state index is 12.5. The van der Waals surface area contributed by atoms with Crippen LogP contribution in [0.5, 0.6) is 5.75 Å². The second kappa shape index (κ2) is 7.77. The van der Waals surface area contributed by atoms with Crippen LogP contribution in [0, 0.1) is 0 Å². The highest BCUT2D eigenvalue weighted by Crippen LogP contribution is 2.32. The van der Waals surface area contributed by atoms with Crippen molar-refractivity contribution in [2.75, 3.05) is 32.6 Å². The summed E-state index contributed by atoms with van der Waals surface area (Å²) in [7, 11) is 1.15. The fraction of sp³-hybridized carbons (Fsp3) is 0.318. The number of hydrogen-bond acceptors (Lipinski definition) is 6. The molecule has 0 saturated heterocycles. The van der Waals surface area contributed by atoms with Gasteiger partial charge in [0, 0.05) is 50.4 Å². The van der Waals surface area contributed by atoms with E-state index in [-0.39, 0.29) is 0 Å². The quantitative estimate of drug-likeness (QED) is 0.581. The van der Waals surface area contributed by atoms with Gasteiger partial charge in [-0.15, -0.1) is 0 Å². The smallest absolute Gasteiger partial charge is 0.336 e. The predicted molar refractivity (Wildman–Crippen MR) is 116 cm³/mol. The zero-order valence-corrected chi connectivity index (χ0v) is 18.0. The molecule has 1 aliphatic rings. The van der Waals surface area contributed by atoms with Crippen molar-refractivity contribution in [3.63, 3.8) is 0 Å². The maximum atomic E-state index is 12.5. The van der Waals surface area contributed by atoms with Crippen molar-refractivity contribution in [3.05, 3.63) is 64.0 Å². The van der Waals surface area contributed by atoms with Gasteiger partial charge in [-0.2, -0.15) is 0 Å². The van der Waals surface area contributed by atoms with Crippen LogP contribution in [0.4, 0.5) is 5.69 Å². The first kappa shape index (κ1) is 20.4. The van der Waals surface area contributed by atoms with E-state index in [1.165, 1.54) is 24.5 Å². The molecule has 7 nitrogen and oxygen atoms in total. The highest BCUT2D eigenvalue weighted by atomic mass is 32.2. The number of methoxy groups -OCH3 is 1. The second-order valence-corrected chi connectivity index (χ2v) is 9.71. The summed E-state index contributed by atoms with van der Waals surface area (Å²) in [6, 6.07) is 12.2. The van der Waals surface area contributed by atoms with E-state index in [9.17, 15) is 13.2 Å².